The van der Waals surface area contributed by atoms with Crippen LogP contribution in [0.25, 0.3) is 0 Å². The van der Waals surface area contributed by atoms with Crippen molar-refractivity contribution in [2.75, 3.05) is 5.32 Å². The summed E-state index contributed by atoms with van der Waals surface area (Å²) in [5.74, 6) is -0.555. The van der Waals surface area contributed by atoms with Crippen molar-refractivity contribution in [1.29, 1.82) is 0 Å². The molecular weight excluding hydrogens is 206 g/mol. The van der Waals surface area contributed by atoms with Gasteiger partial charge in [0.05, 0.1) is 5.56 Å². The molecule has 0 fully saturated rings. The van der Waals surface area contributed by atoms with Crippen molar-refractivity contribution in [2.45, 2.75) is 27.7 Å². The first kappa shape index (κ1) is 14.2. The molecule has 16 heavy (non-hydrogen) atoms. The minimum Gasteiger partial charge on any atom is -0.507 e. The van der Waals surface area contributed by atoms with Crippen molar-refractivity contribution in [3.63, 3.8) is 0 Å². The van der Waals surface area contributed by atoms with Crippen molar-refractivity contribution >= 4 is 17.4 Å². The number of aromatic hydroxyl groups is 1. The fourth-order valence-electron chi connectivity index (χ4n) is 1.11. The van der Waals surface area contributed by atoms with Gasteiger partial charge < -0.3 is 10.4 Å². The molecular formula is C12H17NO3. The van der Waals surface area contributed by atoms with Crippen LogP contribution in [0.4, 0.5) is 5.69 Å². The second-order valence-electron chi connectivity index (χ2n) is 2.97. The molecule has 0 saturated carbocycles. The van der Waals surface area contributed by atoms with Gasteiger partial charge in [-0.15, -0.1) is 0 Å². The zero-order valence-electron chi connectivity index (χ0n) is 10.00. The Labute approximate surface area is 95.3 Å². The van der Waals surface area contributed by atoms with Gasteiger partial charge in [0.2, 0.25) is 5.91 Å². The number of ketones is 1. The van der Waals surface area contributed by atoms with Gasteiger partial charge in [0, 0.05) is 18.7 Å². The Morgan fingerprint density at radius 3 is 2.12 bits per heavy atom. The van der Waals surface area contributed by atoms with E-state index < -0.39 is 0 Å². The maximum Gasteiger partial charge on any atom is 0.221 e. The first-order valence-electron chi connectivity index (χ1n) is 5.12. The van der Waals surface area contributed by atoms with Crippen LogP contribution in [-0.2, 0) is 4.79 Å². The molecule has 1 amide bonds. The molecule has 0 bridgehead atoms. The number of benzene rings is 1. The summed E-state index contributed by atoms with van der Waals surface area (Å²) < 4.78 is 0. The van der Waals surface area contributed by atoms with Gasteiger partial charge in [-0.05, 0) is 19.1 Å². The molecule has 0 aliphatic carbocycles. The van der Waals surface area contributed by atoms with E-state index in [1.165, 1.54) is 26.0 Å². The quantitative estimate of drug-likeness (QED) is 0.757. The summed E-state index contributed by atoms with van der Waals surface area (Å²) >= 11 is 0. The van der Waals surface area contributed by atoms with E-state index in [4.69, 9.17) is 0 Å². The molecule has 1 aromatic rings. The first-order valence-corrected chi connectivity index (χ1v) is 5.12. The van der Waals surface area contributed by atoms with Crippen LogP contribution in [0.2, 0.25) is 0 Å². The second kappa shape index (κ2) is 6.61. The normalized spacial score (nSPS) is 8.75. The van der Waals surface area contributed by atoms with Crippen molar-refractivity contribution in [3.8, 4) is 5.75 Å². The van der Waals surface area contributed by atoms with E-state index in [-0.39, 0.29) is 23.0 Å². The van der Waals surface area contributed by atoms with Crippen LogP contribution in [0.3, 0.4) is 0 Å². The Balaban J connectivity index is 0.00000106. The molecule has 0 unspecified atom stereocenters. The highest BCUT2D eigenvalue weighted by Gasteiger charge is 2.06. The number of Topliss-reactive ketones (excluding diaryl/α,β-unsaturated/α-hetero) is 1. The topological polar surface area (TPSA) is 66.4 Å². The van der Waals surface area contributed by atoms with Crippen molar-refractivity contribution in [1.82, 2.24) is 0 Å². The van der Waals surface area contributed by atoms with Gasteiger partial charge >= 0.3 is 0 Å². The van der Waals surface area contributed by atoms with Crippen LogP contribution in [-0.4, -0.2) is 16.8 Å². The summed E-state index contributed by atoms with van der Waals surface area (Å²) in [5.41, 5.74) is 0.721. The van der Waals surface area contributed by atoms with Gasteiger partial charge in [0.25, 0.3) is 0 Å². The van der Waals surface area contributed by atoms with Crippen LogP contribution in [0.15, 0.2) is 18.2 Å². The molecule has 0 heterocycles. The zero-order valence-corrected chi connectivity index (χ0v) is 10.00. The number of phenolic OH excluding ortho intramolecular Hbond substituents is 1. The molecule has 0 aromatic heterocycles. The number of carbonyl (C=O) groups excluding carboxylic acids is 2. The van der Waals surface area contributed by atoms with Crippen molar-refractivity contribution in [3.05, 3.63) is 23.8 Å². The Hall–Kier alpha value is -1.84. The van der Waals surface area contributed by atoms with Gasteiger partial charge in [-0.2, -0.15) is 0 Å². The molecule has 1 aromatic carbocycles. The lowest BCUT2D eigenvalue weighted by Crippen LogP contribution is -2.05. The number of anilines is 1. The molecule has 0 atom stereocenters. The maximum absolute atomic E-state index is 11.0. The third-order valence-electron chi connectivity index (χ3n) is 1.70. The average molecular weight is 223 g/mol. The summed E-state index contributed by atoms with van der Waals surface area (Å²) in [6.45, 7) is 6.74. The predicted molar refractivity (Wildman–Crippen MR) is 63.8 cm³/mol. The minimum absolute atomic E-state index is 0.122. The molecule has 4 nitrogen and oxygen atoms in total. The first-order chi connectivity index (χ1) is 7.50. The predicted octanol–water partition coefficient (Wildman–Crippen LogP) is 2.58. The van der Waals surface area contributed by atoms with Gasteiger partial charge in [-0.3, -0.25) is 9.59 Å². The van der Waals surface area contributed by atoms with E-state index in [0.29, 0.717) is 5.69 Å². The highest BCUT2D eigenvalue weighted by atomic mass is 16.3. The van der Waals surface area contributed by atoms with Crippen LogP contribution in [0.1, 0.15) is 38.1 Å². The molecule has 4 heteroatoms. The lowest BCUT2D eigenvalue weighted by atomic mass is 10.1. The fraction of sp³-hybridized carbons (Fsp3) is 0.333. The van der Waals surface area contributed by atoms with Crippen LogP contribution in [0, 0.1) is 0 Å². The van der Waals surface area contributed by atoms with Crippen LogP contribution < -0.4 is 5.32 Å². The third kappa shape index (κ3) is 4.13. The molecule has 2 N–H and O–H groups in total. The molecule has 0 aliphatic heterocycles. The summed E-state index contributed by atoms with van der Waals surface area (Å²) in [4.78, 5) is 21.6. The highest BCUT2D eigenvalue weighted by Crippen LogP contribution is 2.22. The van der Waals surface area contributed by atoms with E-state index >= 15 is 0 Å². The van der Waals surface area contributed by atoms with Gasteiger partial charge in [0.1, 0.15) is 5.75 Å². The van der Waals surface area contributed by atoms with E-state index in [1.54, 1.807) is 6.07 Å². The summed E-state index contributed by atoms with van der Waals surface area (Å²) in [7, 11) is 0. The SMILES string of the molecule is CC.CC(=O)Nc1ccc(C(C)=O)c(O)c1. The molecule has 88 valence electrons. The minimum atomic E-state index is -0.222. The van der Waals surface area contributed by atoms with E-state index in [1.807, 2.05) is 13.8 Å². The summed E-state index contributed by atoms with van der Waals surface area (Å²) in [6, 6.07) is 4.39. The number of nitrogens with one attached hydrogen (secondary N) is 1. The number of carbonyl (C=O) groups is 2. The number of hydrogen-bond donors (Lipinski definition) is 2. The van der Waals surface area contributed by atoms with Crippen LogP contribution in [0.5, 0.6) is 5.75 Å². The van der Waals surface area contributed by atoms with E-state index in [9.17, 15) is 14.7 Å². The highest BCUT2D eigenvalue weighted by molar-refractivity contribution is 5.98. The molecule has 0 spiro atoms. The third-order valence-corrected chi connectivity index (χ3v) is 1.70. The van der Waals surface area contributed by atoms with E-state index in [2.05, 4.69) is 5.32 Å². The fourth-order valence-corrected chi connectivity index (χ4v) is 1.11. The van der Waals surface area contributed by atoms with Gasteiger partial charge in [-0.1, -0.05) is 13.8 Å². The van der Waals surface area contributed by atoms with Crippen molar-refractivity contribution < 1.29 is 14.7 Å². The van der Waals surface area contributed by atoms with Gasteiger partial charge in [-0.25, -0.2) is 0 Å². The molecule has 0 saturated heterocycles. The van der Waals surface area contributed by atoms with Gasteiger partial charge in [0.15, 0.2) is 5.78 Å². The van der Waals surface area contributed by atoms with Crippen molar-refractivity contribution in [2.24, 2.45) is 0 Å². The lowest BCUT2D eigenvalue weighted by molar-refractivity contribution is -0.114. The Morgan fingerprint density at radius 1 is 1.19 bits per heavy atom. The lowest BCUT2D eigenvalue weighted by Gasteiger charge is -2.04. The Bertz CT molecular complexity index is 386. The second-order valence-corrected chi connectivity index (χ2v) is 2.97. The monoisotopic (exact) mass is 223 g/mol. The largest absolute Gasteiger partial charge is 0.507 e. The Morgan fingerprint density at radius 2 is 1.75 bits per heavy atom. The summed E-state index contributed by atoms with van der Waals surface area (Å²) in [6.07, 6.45) is 0. The number of phenols is 1. The molecule has 1 rings (SSSR count). The zero-order chi connectivity index (χ0) is 12.7. The van der Waals surface area contributed by atoms with E-state index in [0.717, 1.165) is 0 Å². The standard InChI is InChI=1S/C10H11NO3.C2H6/c1-6(12)9-4-3-8(5-10(9)14)11-7(2)13;1-2/h3-5,14H,1-2H3,(H,11,13);1-2H3. The van der Waals surface area contributed by atoms with Crippen LogP contribution >= 0.6 is 0 Å². The Kier molecular flexibility index (Phi) is 5.85. The molecule has 0 radical (unpaired) electrons. The maximum atomic E-state index is 11.0. The number of amides is 1. The average Bonchev–Trinajstić information content (AvgIpc) is 2.19. The number of rotatable bonds is 2. The number of hydrogen-bond acceptors (Lipinski definition) is 3. The molecule has 0 aliphatic rings. The summed E-state index contributed by atoms with van der Waals surface area (Å²) in [5, 5.41) is 11.9. The smallest absolute Gasteiger partial charge is 0.221 e.